The lowest BCUT2D eigenvalue weighted by molar-refractivity contribution is -0.143. The fourth-order valence-electron chi connectivity index (χ4n) is 4.11. The van der Waals surface area contributed by atoms with Gasteiger partial charge in [-0.15, -0.1) is 12.4 Å². The zero-order valence-electron chi connectivity index (χ0n) is 15.4. The van der Waals surface area contributed by atoms with Crippen LogP contribution in [0.3, 0.4) is 0 Å². The first-order valence-corrected chi connectivity index (χ1v) is 9.12. The van der Waals surface area contributed by atoms with Gasteiger partial charge in [0.15, 0.2) is 5.69 Å². The fraction of sp³-hybridized carbons (Fsp3) is 0.474. The van der Waals surface area contributed by atoms with Gasteiger partial charge in [0.1, 0.15) is 0 Å². The molecule has 2 aliphatic rings. The fourth-order valence-corrected chi connectivity index (χ4v) is 4.11. The number of hydrogen-bond acceptors (Lipinski definition) is 3. The number of rotatable bonds is 2. The maximum atomic E-state index is 13.9. The quantitative estimate of drug-likeness (QED) is 0.817. The van der Waals surface area contributed by atoms with Gasteiger partial charge >= 0.3 is 6.18 Å². The van der Waals surface area contributed by atoms with Gasteiger partial charge < -0.3 is 10.2 Å². The summed E-state index contributed by atoms with van der Waals surface area (Å²) in [6, 6.07) is 6.52. The van der Waals surface area contributed by atoms with Crippen LogP contribution >= 0.6 is 12.4 Å². The summed E-state index contributed by atoms with van der Waals surface area (Å²) in [6.45, 7) is 3.25. The Morgan fingerprint density at radius 2 is 1.82 bits per heavy atom. The molecule has 2 saturated heterocycles. The Bertz CT molecular complexity index is 836. The lowest BCUT2D eigenvalue weighted by Crippen LogP contribution is -2.43. The van der Waals surface area contributed by atoms with E-state index >= 15 is 0 Å². The summed E-state index contributed by atoms with van der Waals surface area (Å²) in [5.74, 6) is -0.572. The van der Waals surface area contributed by atoms with Gasteiger partial charge in [-0.05, 0) is 44.9 Å². The van der Waals surface area contributed by atoms with E-state index in [4.69, 9.17) is 0 Å². The molecule has 2 aliphatic heterocycles. The zero-order chi connectivity index (χ0) is 19.2. The van der Waals surface area contributed by atoms with Gasteiger partial charge in [-0.2, -0.15) is 18.3 Å². The van der Waals surface area contributed by atoms with Gasteiger partial charge in [-0.3, -0.25) is 4.79 Å². The number of benzene rings is 1. The molecule has 1 amide bonds. The van der Waals surface area contributed by atoms with E-state index in [0.29, 0.717) is 6.54 Å². The Kier molecular flexibility index (Phi) is 5.72. The number of nitrogens with zero attached hydrogens (tertiary/aromatic N) is 3. The van der Waals surface area contributed by atoms with E-state index in [-0.39, 0.29) is 35.7 Å². The third-order valence-corrected chi connectivity index (χ3v) is 5.44. The number of nitrogens with one attached hydrogen (secondary N) is 1. The predicted octanol–water partition coefficient (Wildman–Crippen LogP) is 3.59. The molecule has 0 spiro atoms. The Balaban J connectivity index is 0.00000225. The summed E-state index contributed by atoms with van der Waals surface area (Å²) in [5, 5.41) is 7.19. The molecule has 2 bridgehead atoms. The Hall–Kier alpha value is -2.06. The number of carbonyl (C=O) groups excluding carboxylic acids is 1. The maximum absolute atomic E-state index is 13.9. The van der Waals surface area contributed by atoms with E-state index in [0.717, 1.165) is 42.2 Å². The largest absolute Gasteiger partial charge is 0.434 e. The van der Waals surface area contributed by atoms with Gasteiger partial charge in [0.2, 0.25) is 0 Å². The van der Waals surface area contributed by atoms with Crippen molar-refractivity contribution in [2.24, 2.45) is 0 Å². The lowest BCUT2D eigenvalue weighted by Gasteiger charge is -2.28. The second kappa shape index (κ2) is 7.75. The second-order valence-corrected chi connectivity index (χ2v) is 7.24. The van der Waals surface area contributed by atoms with Crippen molar-refractivity contribution in [3.05, 3.63) is 47.3 Å². The zero-order valence-corrected chi connectivity index (χ0v) is 16.2. The average Bonchev–Trinajstić information content (AvgIpc) is 3.15. The summed E-state index contributed by atoms with van der Waals surface area (Å²) in [5.41, 5.74) is -0.160. The number of halogens is 4. The van der Waals surface area contributed by atoms with Crippen LogP contribution in [0.15, 0.2) is 30.5 Å². The molecule has 2 unspecified atom stereocenters. The van der Waals surface area contributed by atoms with Crippen LogP contribution in [0.1, 0.15) is 40.9 Å². The molecule has 2 fully saturated rings. The van der Waals surface area contributed by atoms with Crippen LogP contribution in [-0.2, 0) is 6.18 Å². The molecular formula is C19H22ClF3N4O. The summed E-state index contributed by atoms with van der Waals surface area (Å²) in [4.78, 5) is 14.8. The molecule has 0 saturated carbocycles. The first-order chi connectivity index (χ1) is 12.9. The minimum atomic E-state index is -4.68. The van der Waals surface area contributed by atoms with Gasteiger partial charge in [-0.1, -0.05) is 17.7 Å². The number of alkyl halides is 3. The van der Waals surface area contributed by atoms with Gasteiger partial charge in [-0.25, -0.2) is 4.68 Å². The molecule has 28 heavy (non-hydrogen) atoms. The highest BCUT2D eigenvalue weighted by atomic mass is 35.5. The number of fused-ring (bicyclic) bond motifs is 2. The van der Waals surface area contributed by atoms with Crippen molar-refractivity contribution in [1.82, 2.24) is 20.0 Å². The molecule has 9 heteroatoms. The Morgan fingerprint density at radius 3 is 2.50 bits per heavy atom. The van der Waals surface area contributed by atoms with Crippen LogP contribution in [0.4, 0.5) is 13.2 Å². The second-order valence-electron chi connectivity index (χ2n) is 7.24. The first-order valence-electron chi connectivity index (χ1n) is 9.12. The number of hydrogen-bond donors (Lipinski definition) is 1. The van der Waals surface area contributed by atoms with E-state index in [2.05, 4.69) is 10.4 Å². The average molecular weight is 415 g/mol. The van der Waals surface area contributed by atoms with E-state index in [1.165, 1.54) is 0 Å². The molecule has 2 atom stereocenters. The van der Waals surface area contributed by atoms with Gasteiger partial charge in [0, 0.05) is 18.6 Å². The lowest BCUT2D eigenvalue weighted by atomic mass is 10.1. The van der Waals surface area contributed by atoms with Gasteiger partial charge in [0.05, 0.1) is 17.4 Å². The van der Waals surface area contributed by atoms with Crippen LogP contribution in [0.5, 0.6) is 0 Å². The summed E-state index contributed by atoms with van der Waals surface area (Å²) >= 11 is 0. The molecule has 1 N–H and O–H groups in total. The molecule has 1 aromatic heterocycles. The molecule has 0 aliphatic carbocycles. The predicted molar refractivity (Wildman–Crippen MR) is 101 cm³/mol. The van der Waals surface area contributed by atoms with E-state index in [1.54, 1.807) is 29.2 Å². The van der Waals surface area contributed by atoms with Crippen molar-refractivity contribution in [3.63, 3.8) is 0 Å². The van der Waals surface area contributed by atoms with Crippen molar-refractivity contribution < 1.29 is 18.0 Å². The van der Waals surface area contributed by atoms with Crippen molar-refractivity contribution >= 4 is 18.3 Å². The van der Waals surface area contributed by atoms with Crippen LogP contribution < -0.4 is 5.32 Å². The highest BCUT2D eigenvalue weighted by Gasteiger charge is 2.45. The van der Waals surface area contributed by atoms with Gasteiger partial charge in [0.25, 0.3) is 5.91 Å². The smallest absolute Gasteiger partial charge is 0.331 e. The number of aromatic nitrogens is 2. The number of amides is 1. The monoisotopic (exact) mass is 414 g/mol. The van der Waals surface area contributed by atoms with E-state index < -0.39 is 17.8 Å². The topological polar surface area (TPSA) is 50.2 Å². The molecule has 2 aromatic rings. The summed E-state index contributed by atoms with van der Waals surface area (Å²) in [6.07, 6.45) is -1.21. The standard InChI is InChI=1S/C19H21F3N4O.ClH/c1-12-2-4-14(5-3-12)26-17(19(20,21)22)16(11-24-26)18(27)25-13-6-7-15(25)10-23-9-8-13;/h2-5,11,13,15,23H,6-10H2,1H3;1H. The van der Waals surface area contributed by atoms with Crippen molar-refractivity contribution in [1.29, 1.82) is 0 Å². The van der Waals surface area contributed by atoms with Crippen molar-refractivity contribution in [3.8, 4) is 5.69 Å². The van der Waals surface area contributed by atoms with Crippen LogP contribution in [0, 0.1) is 6.92 Å². The Morgan fingerprint density at radius 1 is 1.14 bits per heavy atom. The van der Waals surface area contributed by atoms with Crippen molar-refractivity contribution in [2.45, 2.75) is 44.4 Å². The minimum Gasteiger partial charge on any atom is -0.331 e. The third kappa shape index (κ3) is 3.63. The number of aryl methyl sites for hydroxylation is 1. The molecule has 1 aromatic carbocycles. The summed E-state index contributed by atoms with van der Waals surface area (Å²) in [7, 11) is 0. The highest BCUT2D eigenvalue weighted by molar-refractivity contribution is 5.96. The molecule has 152 valence electrons. The van der Waals surface area contributed by atoms with E-state index in [9.17, 15) is 18.0 Å². The molecule has 5 nitrogen and oxygen atoms in total. The van der Waals surface area contributed by atoms with Crippen LogP contribution in [0.2, 0.25) is 0 Å². The van der Waals surface area contributed by atoms with Crippen LogP contribution in [-0.4, -0.2) is 45.8 Å². The van der Waals surface area contributed by atoms with Crippen LogP contribution in [0.25, 0.3) is 5.69 Å². The number of carbonyl (C=O) groups is 1. The maximum Gasteiger partial charge on any atom is 0.434 e. The normalized spacial score (nSPS) is 21.9. The Labute approximate surface area is 167 Å². The minimum absolute atomic E-state index is 0. The van der Waals surface area contributed by atoms with E-state index in [1.807, 2.05) is 6.92 Å². The molecule has 4 rings (SSSR count). The SMILES string of the molecule is Cc1ccc(-n2ncc(C(=O)N3C4CCNCC3CC4)c2C(F)(F)F)cc1.Cl. The first kappa shape index (κ1) is 20.7. The summed E-state index contributed by atoms with van der Waals surface area (Å²) < 4.78 is 42.5. The third-order valence-electron chi connectivity index (χ3n) is 5.44. The molecular weight excluding hydrogens is 393 g/mol. The van der Waals surface area contributed by atoms with Crippen molar-refractivity contribution in [2.75, 3.05) is 13.1 Å². The molecule has 3 heterocycles. The molecule has 0 radical (unpaired) electrons. The highest BCUT2D eigenvalue weighted by Crippen LogP contribution is 2.36.